The summed E-state index contributed by atoms with van der Waals surface area (Å²) in [7, 11) is -3.07. The second kappa shape index (κ2) is 6.18. The number of piperidine rings is 1. The van der Waals surface area contributed by atoms with E-state index in [0.717, 1.165) is 25.9 Å². The van der Waals surface area contributed by atoms with Crippen LogP contribution in [0.25, 0.3) is 0 Å². The minimum Gasteiger partial charge on any atom is -0.390 e. The molecule has 0 aliphatic carbocycles. The Kier molecular flexibility index (Phi) is 4.43. The Bertz CT molecular complexity index is 624. The molecule has 122 valence electrons. The molecule has 0 aromatic heterocycles. The highest BCUT2D eigenvalue weighted by molar-refractivity contribution is 7.91. The maximum atomic E-state index is 11.6. The fourth-order valence-corrected chi connectivity index (χ4v) is 5.32. The number of sulfone groups is 1. The lowest BCUT2D eigenvalue weighted by molar-refractivity contribution is 0.0683. The lowest BCUT2D eigenvalue weighted by Gasteiger charge is -2.37. The number of anilines is 1. The Balaban J connectivity index is 1.56. The largest absolute Gasteiger partial charge is 0.390 e. The molecule has 0 bridgehead atoms. The summed E-state index contributed by atoms with van der Waals surface area (Å²) in [6, 6.07) is 8.44. The van der Waals surface area contributed by atoms with Gasteiger partial charge in [-0.25, -0.2) is 8.42 Å². The first-order chi connectivity index (χ1) is 10.4. The van der Waals surface area contributed by atoms with Crippen LogP contribution in [0.2, 0.25) is 0 Å². The van der Waals surface area contributed by atoms with Crippen LogP contribution >= 0.6 is 0 Å². The molecule has 1 aromatic rings. The molecule has 2 fully saturated rings. The molecule has 2 aliphatic rings. The van der Waals surface area contributed by atoms with Gasteiger partial charge in [0.25, 0.3) is 0 Å². The third-order valence-electron chi connectivity index (χ3n) is 4.80. The van der Waals surface area contributed by atoms with E-state index in [4.69, 9.17) is 0 Å². The van der Waals surface area contributed by atoms with Crippen LogP contribution in [0.4, 0.5) is 5.69 Å². The molecule has 0 radical (unpaired) electrons. The Morgan fingerprint density at radius 3 is 2.45 bits per heavy atom. The van der Waals surface area contributed by atoms with Gasteiger partial charge in [0.2, 0.25) is 0 Å². The zero-order valence-corrected chi connectivity index (χ0v) is 13.7. The van der Waals surface area contributed by atoms with Crippen molar-refractivity contribution >= 4 is 15.5 Å². The Morgan fingerprint density at radius 2 is 1.86 bits per heavy atom. The van der Waals surface area contributed by atoms with Crippen LogP contribution in [0, 0.1) is 6.92 Å². The fraction of sp³-hybridized carbons (Fsp3) is 0.625. The molecule has 0 spiro atoms. The van der Waals surface area contributed by atoms with Gasteiger partial charge < -0.3 is 10.4 Å². The molecule has 2 atom stereocenters. The number of hydrogen-bond acceptors (Lipinski definition) is 5. The maximum absolute atomic E-state index is 11.6. The van der Waals surface area contributed by atoms with E-state index in [-0.39, 0.29) is 17.5 Å². The van der Waals surface area contributed by atoms with Gasteiger partial charge in [0.05, 0.1) is 23.7 Å². The van der Waals surface area contributed by atoms with E-state index in [1.54, 1.807) is 0 Å². The summed E-state index contributed by atoms with van der Waals surface area (Å²) in [4.78, 5) is 2.14. The Hall–Kier alpha value is -1.11. The van der Waals surface area contributed by atoms with Gasteiger partial charge in [0.1, 0.15) is 0 Å². The smallest absolute Gasteiger partial charge is 0.154 e. The Labute approximate surface area is 132 Å². The van der Waals surface area contributed by atoms with E-state index in [1.807, 2.05) is 12.1 Å². The minimum absolute atomic E-state index is 0.0843. The van der Waals surface area contributed by atoms with E-state index in [1.165, 1.54) is 11.3 Å². The van der Waals surface area contributed by atoms with Crippen molar-refractivity contribution in [1.29, 1.82) is 0 Å². The van der Waals surface area contributed by atoms with Crippen LogP contribution in [-0.4, -0.2) is 61.2 Å². The topological polar surface area (TPSA) is 69.6 Å². The summed E-state index contributed by atoms with van der Waals surface area (Å²) in [6.07, 6.45) is 1.21. The van der Waals surface area contributed by atoms with Crippen molar-refractivity contribution in [2.75, 3.05) is 29.9 Å². The lowest BCUT2D eigenvalue weighted by Crippen LogP contribution is -2.49. The van der Waals surface area contributed by atoms with Gasteiger partial charge in [0, 0.05) is 24.8 Å². The molecule has 0 unspecified atom stereocenters. The first kappa shape index (κ1) is 15.8. The van der Waals surface area contributed by atoms with E-state index >= 15 is 0 Å². The summed E-state index contributed by atoms with van der Waals surface area (Å²) >= 11 is 0. The zero-order chi connectivity index (χ0) is 15.7. The molecule has 5 nitrogen and oxygen atoms in total. The molecule has 2 saturated heterocycles. The summed E-state index contributed by atoms with van der Waals surface area (Å²) < 4.78 is 23.3. The highest BCUT2D eigenvalue weighted by atomic mass is 32.2. The molecule has 22 heavy (non-hydrogen) atoms. The van der Waals surface area contributed by atoms with Crippen LogP contribution < -0.4 is 5.32 Å². The number of benzene rings is 1. The predicted molar refractivity (Wildman–Crippen MR) is 87.8 cm³/mol. The second-order valence-electron chi connectivity index (χ2n) is 6.48. The number of rotatable bonds is 3. The van der Waals surface area contributed by atoms with Crippen LogP contribution in [0.5, 0.6) is 0 Å². The number of aliphatic hydroxyl groups excluding tert-OH is 1. The summed E-state index contributed by atoms with van der Waals surface area (Å²) in [6.45, 7) is 3.76. The molecular formula is C16H24N2O3S. The number of aliphatic hydroxyl groups is 1. The van der Waals surface area contributed by atoms with E-state index in [9.17, 15) is 13.5 Å². The number of aryl methyl sites for hydroxylation is 1. The zero-order valence-electron chi connectivity index (χ0n) is 12.9. The van der Waals surface area contributed by atoms with E-state index in [0.29, 0.717) is 6.04 Å². The van der Waals surface area contributed by atoms with Gasteiger partial charge in [-0.2, -0.15) is 0 Å². The molecule has 6 heteroatoms. The molecular weight excluding hydrogens is 300 g/mol. The van der Waals surface area contributed by atoms with Crippen LogP contribution in [0.1, 0.15) is 18.4 Å². The number of likely N-dealkylation sites (tertiary alicyclic amines) is 1. The van der Waals surface area contributed by atoms with Crippen molar-refractivity contribution in [2.45, 2.75) is 38.0 Å². The molecule has 1 aromatic carbocycles. The molecule has 2 aliphatic heterocycles. The predicted octanol–water partition coefficient (Wildman–Crippen LogP) is 1.03. The van der Waals surface area contributed by atoms with E-state index < -0.39 is 15.9 Å². The second-order valence-corrected chi connectivity index (χ2v) is 8.63. The number of para-hydroxylation sites is 1. The average molecular weight is 324 g/mol. The first-order valence-electron chi connectivity index (χ1n) is 7.89. The van der Waals surface area contributed by atoms with Crippen molar-refractivity contribution in [2.24, 2.45) is 0 Å². The molecule has 2 N–H and O–H groups in total. The average Bonchev–Trinajstić information content (AvgIpc) is 2.75. The van der Waals surface area contributed by atoms with Crippen molar-refractivity contribution < 1.29 is 13.5 Å². The molecule has 2 heterocycles. The molecule has 3 rings (SSSR count). The lowest BCUT2D eigenvalue weighted by atomic mass is 10.0. The minimum atomic E-state index is -3.07. The monoisotopic (exact) mass is 324 g/mol. The highest BCUT2D eigenvalue weighted by Crippen LogP contribution is 2.24. The van der Waals surface area contributed by atoms with Crippen molar-refractivity contribution in [3.05, 3.63) is 29.8 Å². The van der Waals surface area contributed by atoms with Crippen molar-refractivity contribution in [1.82, 2.24) is 4.90 Å². The van der Waals surface area contributed by atoms with Gasteiger partial charge >= 0.3 is 0 Å². The third kappa shape index (κ3) is 3.45. The van der Waals surface area contributed by atoms with Crippen molar-refractivity contribution in [3.8, 4) is 0 Å². The van der Waals surface area contributed by atoms with Gasteiger partial charge in [-0.3, -0.25) is 4.90 Å². The maximum Gasteiger partial charge on any atom is 0.154 e. The van der Waals surface area contributed by atoms with Crippen LogP contribution in [0.3, 0.4) is 0 Å². The molecule has 0 saturated carbocycles. The van der Waals surface area contributed by atoms with Gasteiger partial charge in [-0.1, -0.05) is 18.2 Å². The SMILES string of the molecule is Cc1ccccc1NC1CCN([C@H]2CS(=O)(=O)C[C@@H]2O)CC1. The normalized spacial score (nSPS) is 29.5. The summed E-state index contributed by atoms with van der Waals surface area (Å²) in [5, 5.41) is 13.6. The highest BCUT2D eigenvalue weighted by Gasteiger charge is 2.40. The quantitative estimate of drug-likeness (QED) is 0.869. The van der Waals surface area contributed by atoms with E-state index in [2.05, 4.69) is 29.3 Å². The van der Waals surface area contributed by atoms with Gasteiger partial charge in [-0.05, 0) is 31.4 Å². The third-order valence-corrected chi connectivity index (χ3v) is 6.50. The van der Waals surface area contributed by atoms with Gasteiger partial charge in [0.15, 0.2) is 9.84 Å². The van der Waals surface area contributed by atoms with Crippen molar-refractivity contribution in [3.63, 3.8) is 0 Å². The number of nitrogens with one attached hydrogen (secondary N) is 1. The standard InChI is InChI=1S/C16H24N2O3S/c1-12-4-2-3-5-14(12)17-13-6-8-18(9-7-13)15-10-22(20,21)11-16(15)19/h2-5,13,15-17,19H,6-11H2,1H3/t15-,16-/m0/s1. The fourth-order valence-electron chi connectivity index (χ4n) is 3.49. The molecule has 0 amide bonds. The number of hydrogen-bond donors (Lipinski definition) is 2. The van der Waals surface area contributed by atoms with Crippen LogP contribution in [-0.2, 0) is 9.84 Å². The summed E-state index contributed by atoms with van der Waals surface area (Å²) in [5.74, 6) is 0.0170. The first-order valence-corrected chi connectivity index (χ1v) is 9.71. The van der Waals surface area contributed by atoms with Gasteiger partial charge in [-0.15, -0.1) is 0 Å². The number of nitrogens with zero attached hydrogens (tertiary/aromatic N) is 1. The summed E-state index contributed by atoms with van der Waals surface area (Å²) in [5.41, 5.74) is 2.41. The Morgan fingerprint density at radius 1 is 1.18 bits per heavy atom. The van der Waals surface area contributed by atoms with Crippen LogP contribution in [0.15, 0.2) is 24.3 Å².